The van der Waals surface area contributed by atoms with Crippen LogP contribution < -0.4 is 5.32 Å². The SMILES string of the molecule is O=C(Cc1cccs1)N[C@@H](Cc1cccc(C(=O)O)c1)[B-](O)(O)O. The lowest BCUT2D eigenvalue weighted by atomic mass is 9.67. The third-order valence-electron chi connectivity index (χ3n) is 3.43. The van der Waals surface area contributed by atoms with Gasteiger partial charge in [0, 0.05) is 4.88 Å². The van der Waals surface area contributed by atoms with Crippen molar-refractivity contribution in [2.24, 2.45) is 0 Å². The summed E-state index contributed by atoms with van der Waals surface area (Å²) >= 11 is 1.39. The smallest absolute Gasteiger partial charge is 0.394 e. The molecule has 1 aromatic carbocycles. The molecular formula is C15H17BNO6S-. The molecule has 0 radical (unpaired) electrons. The number of carbonyl (C=O) groups excluding carboxylic acids is 1. The van der Waals surface area contributed by atoms with E-state index in [9.17, 15) is 24.7 Å². The second-order valence-corrected chi connectivity index (χ2v) is 6.47. The number of carboxylic acids is 1. The van der Waals surface area contributed by atoms with Gasteiger partial charge in [-0.2, -0.15) is 0 Å². The van der Waals surface area contributed by atoms with Crippen molar-refractivity contribution in [3.63, 3.8) is 0 Å². The summed E-state index contributed by atoms with van der Waals surface area (Å²) in [6, 6.07) is 9.39. The number of thiophene rings is 1. The Labute approximate surface area is 142 Å². The fraction of sp³-hybridized carbons (Fsp3) is 0.200. The highest BCUT2D eigenvalue weighted by Gasteiger charge is 2.30. The molecule has 1 atom stereocenters. The zero-order valence-electron chi connectivity index (χ0n) is 12.6. The molecule has 0 aliphatic carbocycles. The lowest BCUT2D eigenvalue weighted by molar-refractivity contribution is -0.121. The van der Waals surface area contributed by atoms with Crippen LogP contribution in [0.3, 0.4) is 0 Å². The first-order chi connectivity index (χ1) is 11.3. The molecule has 0 unspecified atom stereocenters. The predicted octanol–water partition coefficient (Wildman–Crippen LogP) is 0.171. The van der Waals surface area contributed by atoms with Gasteiger partial charge >= 0.3 is 12.7 Å². The highest BCUT2D eigenvalue weighted by atomic mass is 32.1. The normalized spacial score (nSPS) is 12.6. The van der Waals surface area contributed by atoms with Crippen molar-refractivity contribution in [2.75, 3.05) is 0 Å². The molecule has 128 valence electrons. The van der Waals surface area contributed by atoms with E-state index in [-0.39, 0.29) is 18.4 Å². The molecule has 9 heteroatoms. The summed E-state index contributed by atoms with van der Waals surface area (Å²) in [6.07, 6.45) is -0.0731. The van der Waals surface area contributed by atoms with E-state index in [1.165, 1.54) is 29.5 Å². The second kappa shape index (κ2) is 7.58. The number of rotatable bonds is 7. The zero-order chi connectivity index (χ0) is 17.7. The van der Waals surface area contributed by atoms with E-state index in [4.69, 9.17) is 5.11 Å². The molecule has 5 N–H and O–H groups in total. The Kier molecular flexibility index (Phi) is 5.73. The molecule has 1 amide bonds. The highest BCUT2D eigenvalue weighted by molar-refractivity contribution is 7.10. The Morgan fingerprint density at radius 2 is 1.92 bits per heavy atom. The van der Waals surface area contributed by atoms with Crippen LogP contribution in [0.15, 0.2) is 41.8 Å². The van der Waals surface area contributed by atoms with Crippen molar-refractivity contribution in [3.05, 3.63) is 57.8 Å². The van der Waals surface area contributed by atoms with Crippen molar-refractivity contribution in [1.29, 1.82) is 0 Å². The number of carboxylic acid groups (broad SMARTS) is 1. The number of amides is 1. The minimum Gasteiger partial charge on any atom is -0.558 e. The Balaban J connectivity index is 2.10. The molecule has 1 heterocycles. The first kappa shape index (κ1) is 18.1. The summed E-state index contributed by atoms with van der Waals surface area (Å²) in [5.41, 5.74) is 0.475. The maximum absolute atomic E-state index is 12.0. The van der Waals surface area contributed by atoms with Crippen LogP contribution in [0.2, 0.25) is 0 Å². The fourth-order valence-corrected chi connectivity index (χ4v) is 2.94. The minimum atomic E-state index is -3.82. The monoisotopic (exact) mass is 350 g/mol. The van der Waals surface area contributed by atoms with Crippen molar-refractivity contribution >= 4 is 30.0 Å². The van der Waals surface area contributed by atoms with Crippen molar-refractivity contribution in [3.8, 4) is 0 Å². The number of nitrogens with one attached hydrogen (secondary N) is 1. The molecule has 0 saturated heterocycles. The van der Waals surface area contributed by atoms with E-state index in [2.05, 4.69) is 5.32 Å². The molecule has 0 bridgehead atoms. The summed E-state index contributed by atoms with van der Waals surface area (Å²) in [5.74, 6) is -2.94. The van der Waals surface area contributed by atoms with Gasteiger partial charge < -0.3 is 25.5 Å². The van der Waals surface area contributed by atoms with Crippen LogP contribution in [-0.2, 0) is 17.6 Å². The molecule has 2 rings (SSSR count). The summed E-state index contributed by atoms with van der Waals surface area (Å²) < 4.78 is 0. The number of carbonyl (C=O) groups is 2. The van der Waals surface area contributed by atoms with E-state index in [0.29, 0.717) is 5.56 Å². The van der Waals surface area contributed by atoms with Gasteiger partial charge in [0.1, 0.15) is 0 Å². The summed E-state index contributed by atoms with van der Waals surface area (Å²) in [4.78, 5) is 23.8. The van der Waals surface area contributed by atoms with Gasteiger partial charge in [-0.1, -0.05) is 18.2 Å². The van der Waals surface area contributed by atoms with Crippen LogP contribution in [0.4, 0.5) is 0 Å². The molecule has 24 heavy (non-hydrogen) atoms. The maximum Gasteiger partial charge on any atom is 0.394 e. The minimum absolute atomic E-state index is 0.0306. The number of aromatic carboxylic acids is 1. The van der Waals surface area contributed by atoms with Crippen molar-refractivity contribution in [2.45, 2.75) is 18.8 Å². The number of benzene rings is 1. The van der Waals surface area contributed by atoms with Gasteiger partial charge in [-0.15, -0.1) is 11.3 Å². The van der Waals surface area contributed by atoms with Gasteiger partial charge in [0.25, 0.3) is 0 Å². The van der Waals surface area contributed by atoms with Gasteiger partial charge in [0.15, 0.2) is 0 Å². The molecule has 2 aromatic rings. The van der Waals surface area contributed by atoms with Gasteiger partial charge in [-0.05, 0) is 41.5 Å². The van der Waals surface area contributed by atoms with Crippen LogP contribution in [-0.4, -0.2) is 44.8 Å². The van der Waals surface area contributed by atoms with Crippen LogP contribution in [0, 0.1) is 0 Å². The molecule has 0 aliphatic rings. The summed E-state index contributed by atoms with van der Waals surface area (Å²) in [7, 11) is 0. The van der Waals surface area contributed by atoms with E-state index in [1.807, 2.05) is 5.38 Å². The molecule has 0 saturated carbocycles. The molecule has 0 fully saturated rings. The van der Waals surface area contributed by atoms with E-state index >= 15 is 0 Å². The lowest BCUT2D eigenvalue weighted by Gasteiger charge is -2.32. The third kappa shape index (κ3) is 5.17. The first-order valence-electron chi connectivity index (χ1n) is 7.21. The largest absolute Gasteiger partial charge is 0.558 e. The second-order valence-electron chi connectivity index (χ2n) is 5.43. The van der Waals surface area contributed by atoms with Crippen LogP contribution in [0.5, 0.6) is 0 Å². The first-order valence-corrected chi connectivity index (χ1v) is 8.09. The molecule has 1 aromatic heterocycles. The summed E-state index contributed by atoms with van der Waals surface area (Å²) in [5, 5.41) is 41.8. The third-order valence-corrected chi connectivity index (χ3v) is 4.31. The Hall–Kier alpha value is -2.20. The molecular weight excluding hydrogens is 333 g/mol. The van der Waals surface area contributed by atoms with Gasteiger partial charge in [-0.25, -0.2) is 4.79 Å². The Bertz CT molecular complexity index is 713. The van der Waals surface area contributed by atoms with E-state index < -0.39 is 24.6 Å². The predicted molar refractivity (Wildman–Crippen MR) is 89.5 cm³/mol. The van der Waals surface area contributed by atoms with Crippen LogP contribution >= 0.6 is 11.3 Å². The highest BCUT2D eigenvalue weighted by Crippen LogP contribution is 2.13. The molecule has 7 nitrogen and oxygen atoms in total. The van der Waals surface area contributed by atoms with Crippen molar-refractivity contribution < 1.29 is 29.8 Å². The Morgan fingerprint density at radius 1 is 1.17 bits per heavy atom. The van der Waals surface area contributed by atoms with Gasteiger partial charge in [0.2, 0.25) is 5.91 Å². The van der Waals surface area contributed by atoms with E-state index in [0.717, 1.165) is 4.88 Å². The van der Waals surface area contributed by atoms with Gasteiger partial charge in [-0.3, -0.25) is 4.79 Å². The van der Waals surface area contributed by atoms with Crippen LogP contribution in [0.25, 0.3) is 0 Å². The Morgan fingerprint density at radius 3 is 2.50 bits per heavy atom. The lowest BCUT2D eigenvalue weighted by Crippen LogP contribution is -2.59. The van der Waals surface area contributed by atoms with E-state index in [1.54, 1.807) is 18.2 Å². The molecule has 0 spiro atoms. The summed E-state index contributed by atoms with van der Waals surface area (Å²) in [6.45, 7) is -3.82. The standard InChI is InChI=1S/C15H17BNO6S/c18-14(9-12-5-2-6-24-12)17-13(16(21,22)23)8-10-3-1-4-11(7-10)15(19)20/h1-7,13,21-23H,8-9H2,(H,17,18)(H,19,20)/q-1/t13-/m0/s1. The van der Waals surface area contributed by atoms with Crippen LogP contribution in [0.1, 0.15) is 20.8 Å². The quantitative estimate of drug-likeness (QED) is 0.453. The maximum atomic E-state index is 12.0. The average molecular weight is 350 g/mol. The topological polar surface area (TPSA) is 127 Å². The average Bonchev–Trinajstić information content (AvgIpc) is 2.98. The molecule has 0 aliphatic heterocycles. The number of hydrogen-bond donors (Lipinski definition) is 5. The zero-order valence-corrected chi connectivity index (χ0v) is 13.4. The van der Waals surface area contributed by atoms with Gasteiger partial charge in [0.05, 0.1) is 12.0 Å². The number of hydrogen-bond acceptors (Lipinski definition) is 6. The fourth-order valence-electron chi connectivity index (χ4n) is 2.24. The van der Waals surface area contributed by atoms with Crippen molar-refractivity contribution in [1.82, 2.24) is 5.32 Å².